The molecule has 4 aromatic rings. The van der Waals surface area contributed by atoms with Gasteiger partial charge in [0, 0.05) is 6.42 Å². The molecule has 2 aromatic carbocycles. The van der Waals surface area contributed by atoms with E-state index in [9.17, 15) is 18.5 Å². The summed E-state index contributed by atoms with van der Waals surface area (Å²) in [6.45, 7) is 5.66. The van der Waals surface area contributed by atoms with Crippen molar-refractivity contribution in [1.82, 2.24) is 24.6 Å². The first kappa shape index (κ1) is 43.1. The molecule has 1 aliphatic rings. The number of nitrogens with zero attached hydrogens (tertiary/aromatic N) is 4. The van der Waals surface area contributed by atoms with Crippen LogP contribution in [0.2, 0.25) is 0 Å². The van der Waals surface area contributed by atoms with Crippen LogP contribution in [0.25, 0.3) is 11.2 Å². The second-order valence-electron chi connectivity index (χ2n) is 13.7. The van der Waals surface area contributed by atoms with Crippen LogP contribution in [0.3, 0.4) is 0 Å². The SMILES string of the molecule is C#C[C@]1(CO[P@@](=O)(N[C@@H](Cc2ccccc2)C(=O)OCC(CC)CC)Oc2ccccc2)O[C@@H](n2cnc3c(N)nc(F)nc32)C[C@@H]1OC(=O)OCCCCCC. The number of aromatic nitrogens is 4. The number of nitrogens with one attached hydrogen (secondary N) is 1. The lowest BCUT2D eigenvalue weighted by Crippen LogP contribution is -2.46. The molecular weight excluding hydrogens is 758 g/mol. The normalized spacial score (nSPS) is 19.4. The van der Waals surface area contributed by atoms with Gasteiger partial charge in [0.15, 0.2) is 28.7 Å². The molecule has 3 heterocycles. The predicted octanol–water partition coefficient (Wildman–Crippen LogP) is 7.32. The van der Waals surface area contributed by atoms with Gasteiger partial charge in [-0.2, -0.15) is 19.4 Å². The topological polar surface area (TPSA) is 188 Å². The summed E-state index contributed by atoms with van der Waals surface area (Å²) in [6.07, 6.45) is 8.01. The Labute approximate surface area is 331 Å². The zero-order chi connectivity index (χ0) is 40.8. The van der Waals surface area contributed by atoms with E-state index >= 15 is 0 Å². The van der Waals surface area contributed by atoms with E-state index in [1.54, 1.807) is 30.3 Å². The molecule has 3 N–H and O–H groups in total. The molecule has 0 aliphatic carbocycles. The molecular formula is C40H50FN6O9P. The summed E-state index contributed by atoms with van der Waals surface area (Å²) in [5.74, 6) is 1.95. The maximum atomic E-state index is 15.0. The van der Waals surface area contributed by atoms with Crippen LogP contribution in [-0.2, 0) is 39.3 Å². The first-order chi connectivity index (χ1) is 27.5. The maximum absolute atomic E-state index is 15.0. The highest BCUT2D eigenvalue weighted by molar-refractivity contribution is 7.52. The monoisotopic (exact) mass is 808 g/mol. The minimum atomic E-state index is -4.58. The number of anilines is 1. The van der Waals surface area contributed by atoms with Gasteiger partial charge in [-0.3, -0.25) is 13.9 Å². The van der Waals surface area contributed by atoms with E-state index in [0.29, 0.717) is 6.42 Å². The Bertz CT molecular complexity index is 2010. The summed E-state index contributed by atoms with van der Waals surface area (Å²) >= 11 is 0. The van der Waals surface area contributed by atoms with Crippen molar-refractivity contribution in [2.75, 3.05) is 25.6 Å². The van der Waals surface area contributed by atoms with Crippen LogP contribution in [0.4, 0.5) is 15.0 Å². The number of ether oxygens (including phenoxy) is 4. The fraction of sp³-hybridized carbons (Fsp3) is 0.475. The van der Waals surface area contributed by atoms with Crippen molar-refractivity contribution in [3.8, 4) is 18.1 Å². The van der Waals surface area contributed by atoms with Crippen molar-refractivity contribution in [3.05, 3.63) is 78.6 Å². The van der Waals surface area contributed by atoms with Crippen molar-refractivity contribution in [2.24, 2.45) is 5.92 Å². The van der Waals surface area contributed by atoms with E-state index in [4.69, 9.17) is 40.2 Å². The molecule has 57 heavy (non-hydrogen) atoms. The third-order valence-electron chi connectivity index (χ3n) is 9.63. The average molecular weight is 809 g/mol. The number of halogens is 1. The number of para-hydroxylation sites is 1. The van der Waals surface area contributed by atoms with Gasteiger partial charge in [0.05, 0.1) is 19.5 Å². The number of rotatable bonds is 21. The van der Waals surface area contributed by atoms with Gasteiger partial charge < -0.3 is 29.2 Å². The standard InChI is InChI=1S/C40H50FN6O9P/c1-5-9-10-17-22-51-39(49)54-32-24-33(47-27-43-34-35(42)44-38(41)45-36(34)47)55-40(32,8-4)26-53-57(50,56-30-20-15-12-16-21-30)46-31(23-29-18-13-11-14-19-29)37(48)52-25-28(6-2)7-3/h4,11-16,18-21,27-28,31-33H,5-7,9-10,17,22-26H2,1-3H3,(H,46,50)(H2,42,44,45)/t31-,32-,33+,40+,57-/m0/s1. The van der Waals surface area contributed by atoms with Crippen molar-refractivity contribution in [2.45, 2.75) is 96.1 Å². The highest BCUT2D eigenvalue weighted by Crippen LogP contribution is 2.49. The van der Waals surface area contributed by atoms with Gasteiger partial charge in [0.25, 0.3) is 0 Å². The third kappa shape index (κ3) is 11.5. The van der Waals surface area contributed by atoms with Crippen LogP contribution in [0, 0.1) is 24.3 Å². The lowest BCUT2D eigenvalue weighted by Gasteiger charge is -2.31. The van der Waals surface area contributed by atoms with Gasteiger partial charge in [-0.25, -0.2) is 14.3 Å². The predicted molar refractivity (Wildman–Crippen MR) is 209 cm³/mol. The van der Waals surface area contributed by atoms with Crippen LogP contribution < -0.4 is 15.3 Å². The highest BCUT2D eigenvalue weighted by atomic mass is 31.2. The number of nitrogen functional groups attached to an aromatic ring is 1. The van der Waals surface area contributed by atoms with Gasteiger partial charge in [-0.15, -0.1) is 6.42 Å². The lowest BCUT2D eigenvalue weighted by molar-refractivity contribution is -0.147. The molecule has 0 bridgehead atoms. The van der Waals surface area contributed by atoms with Gasteiger partial charge >= 0.3 is 25.9 Å². The molecule has 0 spiro atoms. The molecule has 0 unspecified atom stereocenters. The van der Waals surface area contributed by atoms with Crippen molar-refractivity contribution in [3.63, 3.8) is 0 Å². The zero-order valence-corrected chi connectivity index (χ0v) is 33.3. The largest absolute Gasteiger partial charge is 0.508 e. The van der Waals surface area contributed by atoms with Gasteiger partial charge in [0.2, 0.25) is 0 Å². The quantitative estimate of drug-likeness (QED) is 0.0280. The Balaban J connectivity index is 1.46. The minimum absolute atomic E-state index is 0.00797. The number of benzene rings is 2. The first-order valence-electron chi connectivity index (χ1n) is 19.1. The van der Waals surface area contributed by atoms with Gasteiger partial charge in [0.1, 0.15) is 24.6 Å². The minimum Gasteiger partial charge on any atom is -0.464 e. The van der Waals surface area contributed by atoms with Gasteiger partial charge in [-0.1, -0.05) is 107 Å². The number of fused-ring (bicyclic) bond motifs is 1. The molecule has 5 rings (SSSR count). The van der Waals surface area contributed by atoms with E-state index in [1.165, 1.54) is 10.9 Å². The van der Waals surface area contributed by atoms with E-state index in [-0.39, 0.29) is 54.7 Å². The van der Waals surface area contributed by atoms with E-state index in [2.05, 4.69) is 32.9 Å². The molecule has 0 saturated carbocycles. The fourth-order valence-corrected chi connectivity index (χ4v) is 7.76. The summed E-state index contributed by atoms with van der Waals surface area (Å²) in [6, 6.07) is 16.1. The second-order valence-corrected chi connectivity index (χ2v) is 15.4. The summed E-state index contributed by atoms with van der Waals surface area (Å²) < 4.78 is 66.0. The van der Waals surface area contributed by atoms with Crippen LogP contribution in [-0.4, -0.2) is 69.2 Å². The van der Waals surface area contributed by atoms with Gasteiger partial charge in [-0.05, 0) is 36.5 Å². The smallest absolute Gasteiger partial charge is 0.464 e. The maximum Gasteiger partial charge on any atom is 0.508 e. The Kier molecular flexibility index (Phi) is 15.4. The lowest BCUT2D eigenvalue weighted by atomic mass is 9.99. The van der Waals surface area contributed by atoms with E-state index < -0.39 is 56.5 Å². The fourth-order valence-electron chi connectivity index (χ4n) is 6.24. The summed E-state index contributed by atoms with van der Waals surface area (Å²) in [5.41, 5.74) is 4.80. The van der Waals surface area contributed by atoms with Crippen LogP contribution in [0.1, 0.15) is 77.5 Å². The Hall–Kier alpha value is -5.07. The molecule has 306 valence electrons. The Morgan fingerprint density at radius 2 is 1.79 bits per heavy atom. The van der Waals surface area contributed by atoms with Crippen molar-refractivity contribution in [1.29, 1.82) is 0 Å². The number of hydrogen-bond donors (Lipinski definition) is 2. The number of carbonyl (C=O) groups excluding carboxylic acids is 2. The molecule has 15 nitrogen and oxygen atoms in total. The molecule has 1 aliphatic heterocycles. The highest BCUT2D eigenvalue weighted by Gasteiger charge is 2.53. The Morgan fingerprint density at radius 1 is 1.07 bits per heavy atom. The van der Waals surface area contributed by atoms with Crippen molar-refractivity contribution >= 4 is 36.9 Å². The summed E-state index contributed by atoms with van der Waals surface area (Å²) in [7, 11) is -4.58. The number of nitrogens with two attached hydrogens (primary N) is 1. The average Bonchev–Trinajstić information content (AvgIpc) is 3.79. The first-order valence-corrected chi connectivity index (χ1v) is 20.7. The number of imidazole rings is 1. The number of terminal acetylenes is 1. The molecule has 0 amide bonds. The van der Waals surface area contributed by atoms with Crippen LogP contribution in [0.5, 0.6) is 5.75 Å². The number of esters is 1. The second kappa shape index (κ2) is 20.4. The number of hydrogen-bond acceptors (Lipinski definition) is 13. The summed E-state index contributed by atoms with van der Waals surface area (Å²) in [5, 5.41) is 2.82. The molecule has 1 fully saturated rings. The molecule has 1 saturated heterocycles. The number of unbranched alkanes of at least 4 members (excludes halogenated alkanes) is 3. The van der Waals surface area contributed by atoms with Crippen LogP contribution >= 0.6 is 7.75 Å². The van der Waals surface area contributed by atoms with Crippen molar-refractivity contribution < 1.29 is 46.5 Å². The summed E-state index contributed by atoms with van der Waals surface area (Å²) in [4.78, 5) is 38.4. The molecule has 2 aromatic heterocycles. The molecule has 5 atom stereocenters. The van der Waals surface area contributed by atoms with E-state index in [1.807, 2.05) is 44.2 Å². The van der Waals surface area contributed by atoms with Crippen LogP contribution in [0.15, 0.2) is 67.0 Å². The molecule has 17 heteroatoms. The van der Waals surface area contributed by atoms with E-state index in [0.717, 1.165) is 37.7 Å². The molecule has 0 radical (unpaired) electrons. The third-order valence-corrected chi connectivity index (χ3v) is 11.2. The zero-order valence-electron chi connectivity index (χ0n) is 32.4. The number of carbonyl (C=O) groups is 2. The Morgan fingerprint density at radius 3 is 2.47 bits per heavy atom.